The lowest BCUT2D eigenvalue weighted by Crippen LogP contribution is -2.26. The number of Topliss-reactive ketones (excluding diaryl/α,β-unsaturated/α-hetero) is 1. The zero-order valence-corrected chi connectivity index (χ0v) is 20.4. The van der Waals surface area contributed by atoms with Crippen molar-refractivity contribution in [3.05, 3.63) is 98.5 Å². The zero-order valence-electron chi connectivity index (χ0n) is 17.3. The fourth-order valence-corrected chi connectivity index (χ4v) is 4.57. The van der Waals surface area contributed by atoms with Gasteiger partial charge in [0, 0.05) is 19.2 Å². The van der Waals surface area contributed by atoms with Gasteiger partial charge in [0.2, 0.25) is 10.0 Å². The Morgan fingerprint density at radius 2 is 1.55 bits per heavy atom. The quantitative estimate of drug-likeness (QED) is 0.286. The van der Waals surface area contributed by atoms with Crippen LogP contribution >= 0.6 is 34.8 Å². The molecule has 0 aromatic heterocycles. The third-order valence-electron chi connectivity index (χ3n) is 4.69. The Morgan fingerprint density at radius 1 is 0.879 bits per heavy atom. The number of hydrogen-bond acceptors (Lipinski definition) is 5. The number of sulfonamides is 1. The van der Waals surface area contributed by atoms with Crippen molar-refractivity contribution in [1.29, 1.82) is 0 Å². The van der Waals surface area contributed by atoms with Gasteiger partial charge in [0.1, 0.15) is 0 Å². The highest BCUT2D eigenvalue weighted by Gasteiger charge is 2.24. The number of carbonyl (C=O) groups is 2. The number of benzene rings is 3. The Bertz CT molecular complexity index is 1300. The molecule has 3 aromatic carbocycles. The van der Waals surface area contributed by atoms with Crippen molar-refractivity contribution in [3.63, 3.8) is 0 Å². The number of ketones is 1. The van der Waals surface area contributed by atoms with E-state index in [4.69, 9.17) is 39.5 Å². The lowest BCUT2D eigenvalue weighted by Gasteiger charge is -2.18. The number of nitrogens with zero attached hydrogens (tertiary/aromatic N) is 1. The largest absolute Gasteiger partial charge is 0.454 e. The maximum atomic E-state index is 13.0. The van der Waals surface area contributed by atoms with E-state index in [1.807, 2.05) is 30.3 Å². The first-order valence-electron chi connectivity index (χ1n) is 9.55. The van der Waals surface area contributed by atoms with E-state index in [0.717, 1.165) is 15.9 Å². The summed E-state index contributed by atoms with van der Waals surface area (Å²) in [7, 11) is -2.48. The second kappa shape index (κ2) is 10.7. The van der Waals surface area contributed by atoms with Crippen molar-refractivity contribution in [1.82, 2.24) is 4.31 Å². The monoisotopic (exact) mass is 525 g/mol. The Balaban J connectivity index is 1.75. The molecule has 0 spiro atoms. The molecule has 0 atom stereocenters. The second-order valence-corrected chi connectivity index (χ2v) is 10.3. The maximum Gasteiger partial charge on any atom is 0.340 e. The van der Waals surface area contributed by atoms with Crippen LogP contribution in [0, 0.1) is 0 Å². The smallest absolute Gasteiger partial charge is 0.340 e. The number of hydrogen-bond donors (Lipinski definition) is 0. The van der Waals surface area contributed by atoms with E-state index in [-0.39, 0.29) is 37.6 Å². The van der Waals surface area contributed by atoms with E-state index in [1.54, 1.807) is 0 Å². The van der Waals surface area contributed by atoms with Crippen LogP contribution in [0.25, 0.3) is 0 Å². The Morgan fingerprint density at radius 3 is 2.21 bits per heavy atom. The van der Waals surface area contributed by atoms with Gasteiger partial charge in [0.05, 0.1) is 25.5 Å². The molecule has 6 nitrogen and oxygen atoms in total. The van der Waals surface area contributed by atoms with E-state index >= 15 is 0 Å². The normalized spacial score (nSPS) is 11.4. The highest BCUT2D eigenvalue weighted by atomic mass is 35.5. The molecule has 3 rings (SSSR count). The van der Waals surface area contributed by atoms with Crippen LogP contribution in [0.15, 0.2) is 71.6 Å². The summed E-state index contributed by atoms with van der Waals surface area (Å²) < 4.78 is 32.2. The molecular weight excluding hydrogens is 509 g/mol. The maximum absolute atomic E-state index is 13.0. The van der Waals surface area contributed by atoms with Gasteiger partial charge in [0.15, 0.2) is 12.4 Å². The van der Waals surface area contributed by atoms with E-state index in [1.165, 1.54) is 37.4 Å². The summed E-state index contributed by atoms with van der Waals surface area (Å²) in [6, 6.07) is 17.1. The summed E-state index contributed by atoms with van der Waals surface area (Å²) in [5.41, 5.74) is 0.841. The topological polar surface area (TPSA) is 80.8 Å². The van der Waals surface area contributed by atoms with Crippen LogP contribution in [-0.4, -0.2) is 38.1 Å². The van der Waals surface area contributed by atoms with E-state index < -0.39 is 28.4 Å². The van der Waals surface area contributed by atoms with Crippen molar-refractivity contribution >= 4 is 56.6 Å². The van der Waals surface area contributed by atoms with Crippen molar-refractivity contribution in [2.45, 2.75) is 11.4 Å². The van der Waals surface area contributed by atoms with Crippen molar-refractivity contribution in [2.24, 2.45) is 0 Å². The van der Waals surface area contributed by atoms with Gasteiger partial charge in [-0.15, -0.1) is 0 Å². The summed E-state index contributed by atoms with van der Waals surface area (Å²) in [5.74, 6) is -1.44. The van der Waals surface area contributed by atoms with E-state index in [0.29, 0.717) is 0 Å². The Kier molecular flexibility index (Phi) is 8.15. The van der Waals surface area contributed by atoms with Crippen molar-refractivity contribution < 1.29 is 22.7 Å². The van der Waals surface area contributed by atoms with E-state index in [9.17, 15) is 18.0 Å². The average molecular weight is 527 g/mol. The fourth-order valence-electron chi connectivity index (χ4n) is 2.89. The van der Waals surface area contributed by atoms with Gasteiger partial charge in [0.25, 0.3) is 0 Å². The first-order valence-corrected chi connectivity index (χ1v) is 12.1. The highest BCUT2D eigenvalue weighted by Crippen LogP contribution is 2.25. The molecule has 0 saturated heterocycles. The van der Waals surface area contributed by atoms with Crippen LogP contribution in [0.4, 0.5) is 0 Å². The molecule has 33 heavy (non-hydrogen) atoms. The van der Waals surface area contributed by atoms with Crippen molar-refractivity contribution in [3.8, 4) is 0 Å². The summed E-state index contributed by atoms with van der Waals surface area (Å²) in [6.45, 7) is -0.443. The van der Waals surface area contributed by atoms with Crippen LogP contribution in [0.2, 0.25) is 15.1 Å². The summed E-state index contributed by atoms with van der Waals surface area (Å²) >= 11 is 17.8. The molecule has 0 heterocycles. The molecule has 0 fully saturated rings. The first kappa shape index (κ1) is 25.2. The molecule has 0 radical (unpaired) electrons. The molecule has 0 aliphatic carbocycles. The molecule has 0 aliphatic rings. The lowest BCUT2D eigenvalue weighted by atomic mass is 10.1. The summed E-state index contributed by atoms with van der Waals surface area (Å²) in [5, 5.41) is 0.466. The minimum absolute atomic E-state index is 0.00773. The van der Waals surface area contributed by atoms with Gasteiger partial charge in [-0.1, -0.05) is 65.1 Å². The second-order valence-electron chi connectivity index (χ2n) is 7.02. The minimum Gasteiger partial charge on any atom is -0.454 e. The molecule has 172 valence electrons. The zero-order chi connectivity index (χ0) is 24.2. The summed E-state index contributed by atoms with van der Waals surface area (Å²) in [6.07, 6.45) is 0. The number of esters is 1. The number of ether oxygens (including phenoxy) is 1. The predicted molar refractivity (Wildman–Crippen MR) is 128 cm³/mol. The molecule has 10 heteroatoms. The SMILES string of the molecule is CN(Cc1ccccc1)S(=O)(=O)c1ccc(Cl)c(C(=O)OCC(=O)c2ccc(Cl)c(Cl)c2)c1. The Labute approximate surface area is 206 Å². The number of halogens is 3. The van der Waals surface area contributed by atoms with Gasteiger partial charge in [-0.2, -0.15) is 4.31 Å². The van der Waals surface area contributed by atoms with Gasteiger partial charge in [-0.3, -0.25) is 4.79 Å². The highest BCUT2D eigenvalue weighted by molar-refractivity contribution is 7.89. The molecule has 0 N–H and O–H groups in total. The van der Waals surface area contributed by atoms with Gasteiger partial charge in [-0.25, -0.2) is 13.2 Å². The van der Waals surface area contributed by atoms with Crippen LogP contribution in [0.5, 0.6) is 0 Å². The summed E-state index contributed by atoms with van der Waals surface area (Å²) in [4.78, 5) is 24.7. The fraction of sp³-hybridized carbons (Fsp3) is 0.130. The van der Waals surface area contributed by atoms with E-state index in [2.05, 4.69) is 0 Å². The molecule has 0 unspecified atom stereocenters. The standard InChI is InChI=1S/C23H18Cl3NO5S/c1-27(13-15-5-3-2-4-6-15)33(30,31)17-8-10-19(24)18(12-17)23(29)32-14-22(28)16-7-9-20(25)21(26)11-16/h2-12H,13-14H2,1H3. The van der Waals surface area contributed by atoms with Crippen molar-refractivity contribution in [2.75, 3.05) is 13.7 Å². The predicted octanol–water partition coefficient (Wildman–Crippen LogP) is 5.51. The molecule has 0 amide bonds. The number of carbonyl (C=O) groups excluding carboxylic acids is 2. The average Bonchev–Trinajstić information content (AvgIpc) is 2.79. The van der Waals surface area contributed by atoms with Crippen LogP contribution in [-0.2, 0) is 21.3 Å². The van der Waals surface area contributed by atoms with Crippen LogP contribution in [0.1, 0.15) is 26.3 Å². The molecular formula is C23H18Cl3NO5S. The van der Waals surface area contributed by atoms with Gasteiger partial charge < -0.3 is 4.74 Å². The van der Waals surface area contributed by atoms with Crippen LogP contribution < -0.4 is 0 Å². The first-order chi connectivity index (χ1) is 15.6. The molecule has 0 saturated carbocycles. The minimum atomic E-state index is -3.92. The van der Waals surface area contributed by atoms with Crippen LogP contribution in [0.3, 0.4) is 0 Å². The van der Waals surface area contributed by atoms with Gasteiger partial charge in [-0.05, 0) is 42.0 Å². The number of rotatable bonds is 8. The third kappa shape index (κ3) is 6.13. The molecule has 0 aliphatic heterocycles. The third-order valence-corrected chi connectivity index (χ3v) is 7.56. The Hall–Kier alpha value is -2.42. The van der Waals surface area contributed by atoms with Gasteiger partial charge >= 0.3 is 5.97 Å². The molecule has 3 aromatic rings. The molecule has 0 bridgehead atoms. The lowest BCUT2D eigenvalue weighted by molar-refractivity contribution is 0.0474.